The van der Waals surface area contributed by atoms with Crippen LogP contribution in [0.5, 0.6) is 5.75 Å². The fraction of sp³-hybridized carbons (Fsp3) is 0.0769. The highest BCUT2D eigenvalue weighted by Crippen LogP contribution is 2.15. The molecule has 0 aliphatic carbocycles. The Hall–Kier alpha value is -2.63. The molecule has 19 heavy (non-hydrogen) atoms. The van der Waals surface area contributed by atoms with Crippen LogP contribution in [0.3, 0.4) is 0 Å². The molecule has 0 spiro atoms. The van der Waals surface area contributed by atoms with Gasteiger partial charge in [0.2, 0.25) is 5.95 Å². The summed E-state index contributed by atoms with van der Waals surface area (Å²) in [7, 11) is 1.55. The first-order chi connectivity index (χ1) is 9.19. The number of carbonyl (C=O) groups is 1. The number of anilines is 1. The van der Waals surface area contributed by atoms with Crippen LogP contribution in [-0.2, 0) is 0 Å². The topological polar surface area (TPSA) is 63.2 Å². The van der Waals surface area contributed by atoms with E-state index in [2.05, 4.69) is 15.8 Å². The predicted octanol–water partition coefficient (Wildman–Crippen LogP) is 1.99. The van der Waals surface area contributed by atoms with Gasteiger partial charge in [-0.2, -0.15) is 4.39 Å². The van der Waals surface area contributed by atoms with Crippen LogP contribution in [0, 0.1) is 5.95 Å². The molecule has 1 aromatic carbocycles. The maximum Gasteiger partial charge on any atom is 0.288 e. The van der Waals surface area contributed by atoms with E-state index in [0.717, 1.165) is 0 Å². The predicted molar refractivity (Wildman–Crippen MR) is 68.3 cm³/mol. The minimum absolute atomic E-state index is 0.00426. The number of pyridine rings is 1. The molecule has 2 N–H and O–H groups in total. The van der Waals surface area contributed by atoms with Gasteiger partial charge in [-0.05, 0) is 24.3 Å². The fourth-order valence-electron chi connectivity index (χ4n) is 1.43. The van der Waals surface area contributed by atoms with Crippen LogP contribution >= 0.6 is 0 Å². The summed E-state index contributed by atoms with van der Waals surface area (Å²) in [5, 5.41) is 0. The van der Waals surface area contributed by atoms with Crippen molar-refractivity contribution in [3.63, 3.8) is 0 Å². The molecule has 1 heterocycles. The van der Waals surface area contributed by atoms with Crippen molar-refractivity contribution in [3.05, 3.63) is 54.1 Å². The number of amides is 1. The van der Waals surface area contributed by atoms with E-state index in [4.69, 9.17) is 4.74 Å². The standard InChI is InChI=1S/C13H12FN3O2/c1-19-10-5-2-4-9(8-10)16-17-13(18)11-6-3-7-12(14)15-11/h2-8,16H,1H3,(H,17,18). The van der Waals surface area contributed by atoms with Crippen molar-refractivity contribution in [2.45, 2.75) is 0 Å². The van der Waals surface area contributed by atoms with Gasteiger partial charge >= 0.3 is 0 Å². The number of ether oxygens (including phenoxy) is 1. The van der Waals surface area contributed by atoms with E-state index in [1.807, 2.05) is 0 Å². The lowest BCUT2D eigenvalue weighted by Crippen LogP contribution is -2.30. The Bertz CT molecular complexity index is 590. The molecule has 0 bridgehead atoms. The summed E-state index contributed by atoms with van der Waals surface area (Å²) >= 11 is 0. The first-order valence-electron chi connectivity index (χ1n) is 5.52. The zero-order valence-corrected chi connectivity index (χ0v) is 10.2. The van der Waals surface area contributed by atoms with Gasteiger partial charge < -0.3 is 4.74 Å². The second kappa shape index (κ2) is 5.81. The highest BCUT2D eigenvalue weighted by Gasteiger charge is 2.07. The number of nitrogens with one attached hydrogen (secondary N) is 2. The minimum Gasteiger partial charge on any atom is -0.497 e. The normalized spacial score (nSPS) is 9.79. The Kier molecular flexibility index (Phi) is 3.92. The van der Waals surface area contributed by atoms with Gasteiger partial charge in [-0.25, -0.2) is 4.98 Å². The number of aromatic nitrogens is 1. The number of nitrogens with zero attached hydrogens (tertiary/aromatic N) is 1. The van der Waals surface area contributed by atoms with Gasteiger partial charge in [-0.15, -0.1) is 0 Å². The number of halogens is 1. The van der Waals surface area contributed by atoms with Gasteiger partial charge in [0.15, 0.2) is 0 Å². The molecule has 2 rings (SSSR count). The molecule has 0 aliphatic heterocycles. The van der Waals surface area contributed by atoms with Gasteiger partial charge in [0.1, 0.15) is 11.4 Å². The lowest BCUT2D eigenvalue weighted by molar-refractivity contribution is 0.0956. The van der Waals surface area contributed by atoms with Crippen LogP contribution in [0.4, 0.5) is 10.1 Å². The second-order valence-corrected chi connectivity index (χ2v) is 3.66. The van der Waals surface area contributed by atoms with Crippen molar-refractivity contribution in [1.29, 1.82) is 0 Å². The molecule has 1 amide bonds. The summed E-state index contributed by atoms with van der Waals surface area (Å²) < 4.78 is 17.9. The molecule has 0 unspecified atom stereocenters. The summed E-state index contributed by atoms with van der Waals surface area (Å²) in [4.78, 5) is 15.2. The van der Waals surface area contributed by atoms with Gasteiger partial charge in [-0.1, -0.05) is 12.1 Å². The monoisotopic (exact) mass is 261 g/mol. The van der Waals surface area contributed by atoms with Crippen molar-refractivity contribution in [1.82, 2.24) is 10.4 Å². The quantitative estimate of drug-likeness (QED) is 0.652. The van der Waals surface area contributed by atoms with E-state index < -0.39 is 11.9 Å². The summed E-state index contributed by atoms with van der Waals surface area (Å²) in [6, 6.07) is 11.0. The third-order valence-electron chi connectivity index (χ3n) is 2.34. The largest absolute Gasteiger partial charge is 0.497 e. The highest BCUT2D eigenvalue weighted by atomic mass is 19.1. The van der Waals surface area contributed by atoms with Crippen LogP contribution in [0.25, 0.3) is 0 Å². The zero-order chi connectivity index (χ0) is 13.7. The van der Waals surface area contributed by atoms with Crippen molar-refractivity contribution in [2.24, 2.45) is 0 Å². The number of carbonyl (C=O) groups excluding carboxylic acids is 1. The average Bonchev–Trinajstić information content (AvgIpc) is 2.45. The Balaban J connectivity index is 2.00. The summed E-state index contributed by atoms with van der Waals surface area (Å²) in [6.07, 6.45) is 0. The average molecular weight is 261 g/mol. The number of methoxy groups -OCH3 is 1. The Morgan fingerprint density at radius 1 is 1.26 bits per heavy atom. The van der Waals surface area contributed by atoms with Crippen molar-refractivity contribution in [3.8, 4) is 5.75 Å². The number of benzene rings is 1. The second-order valence-electron chi connectivity index (χ2n) is 3.66. The Morgan fingerprint density at radius 2 is 2.05 bits per heavy atom. The molecule has 0 atom stereocenters. The molecule has 0 saturated carbocycles. The molecule has 98 valence electrons. The van der Waals surface area contributed by atoms with Crippen molar-refractivity contribution in [2.75, 3.05) is 12.5 Å². The molecular formula is C13H12FN3O2. The first-order valence-corrected chi connectivity index (χ1v) is 5.52. The highest BCUT2D eigenvalue weighted by molar-refractivity contribution is 5.92. The van der Waals surface area contributed by atoms with Crippen LogP contribution in [0.2, 0.25) is 0 Å². The third kappa shape index (κ3) is 3.41. The molecule has 2 aromatic rings. The van der Waals surface area contributed by atoms with Gasteiger partial charge in [0, 0.05) is 6.07 Å². The minimum atomic E-state index is -0.700. The molecule has 0 saturated heterocycles. The Morgan fingerprint density at radius 3 is 2.79 bits per heavy atom. The molecule has 1 aromatic heterocycles. The van der Waals surface area contributed by atoms with E-state index in [9.17, 15) is 9.18 Å². The molecule has 0 fully saturated rings. The Labute approximate surface area is 109 Å². The van der Waals surface area contributed by atoms with Crippen LogP contribution in [0.15, 0.2) is 42.5 Å². The van der Waals surface area contributed by atoms with Crippen molar-refractivity contribution >= 4 is 11.6 Å². The zero-order valence-electron chi connectivity index (χ0n) is 10.2. The summed E-state index contributed by atoms with van der Waals surface area (Å²) in [6.45, 7) is 0. The van der Waals surface area contributed by atoms with E-state index in [1.54, 1.807) is 31.4 Å². The lowest BCUT2D eigenvalue weighted by Gasteiger charge is -2.09. The van der Waals surface area contributed by atoms with Gasteiger partial charge in [0.05, 0.1) is 12.8 Å². The third-order valence-corrected chi connectivity index (χ3v) is 2.34. The lowest BCUT2D eigenvalue weighted by atomic mass is 10.3. The molecule has 6 heteroatoms. The molecule has 5 nitrogen and oxygen atoms in total. The number of rotatable bonds is 4. The van der Waals surface area contributed by atoms with Crippen LogP contribution < -0.4 is 15.6 Å². The maximum absolute atomic E-state index is 12.9. The summed E-state index contributed by atoms with van der Waals surface area (Å²) in [5.41, 5.74) is 5.75. The fourth-order valence-corrected chi connectivity index (χ4v) is 1.43. The maximum atomic E-state index is 12.9. The summed E-state index contributed by atoms with van der Waals surface area (Å²) in [5.74, 6) is -0.570. The van der Waals surface area contributed by atoms with E-state index in [0.29, 0.717) is 11.4 Å². The van der Waals surface area contributed by atoms with E-state index >= 15 is 0 Å². The smallest absolute Gasteiger partial charge is 0.288 e. The van der Waals surface area contributed by atoms with Gasteiger partial charge in [-0.3, -0.25) is 15.6 Å². The first kappa shape index (κ1) is 12.8. The van der Waals surface area contributed by atoms with E-state index in [-0.39, 0.29) is 5.69 Å². The molecular weight excluding hydrogens is 249 g/mol. The van der Waals surface area contributed by atoms with Crippen LogP contribution in [-0.4, -0.2) is 18.0 Å². The van der Waals surface area contributed by atoms with Gasteiger partial charge in [0.25, 0.3) is 5.91 Å². The van der Waals surface area contributed by atoms with Crippen molar-refractivity contribution < 1.29 is 13.9 Å². The number of hydrogen-bond donors (Lipinski definition) is 2. The SMILES string of the molecule is COc1cccc(NNC(=O)c2cccc(F)n2)c1. The molecule has 0 aliphatic rings. The number of hydrogen-bond acceptors (Lipinski definition) is 4. The van der Waals surface area contributed by atoms with E-state index in [1.165, 1.54) is 18.2 Å². The molecule has 0 radical (unpaired) electrons. The van der Waals surface area contributed by atoms with Crippen LogP contribution in [0.1, 0.15) is 10.5 Å². The number of hydrazine groups is 1.